The quantitative estimate of drug-likeness (QED) is 0.818. The predicted molar refractivity (Wildman–Crippen MR) is 76.9 cm³/mol. The summed E-state index contributed by atoms with van der Waals surface area (Å²) in [6.45, 7) is 4.34. The fourth-order valence-corrected chi connectivity index (χ4v) is 3.18. The van der Waals surface area contributed by atoms with E-state index in [1.165, 1.54) is 11.1 Å². The Morgan fingerprint density at radius 3 is 2.84 bits per heavy atom. The molecule has 0 saturated heterocycles. The lowest BCUT2D eigenvalue weighted by atomic mass is 9.85. The Kier molecular flexibility index (Phi) is 4.13. The van der Waals surface area contributed by atoms with E-state index in [1.807, 2.05) is 6.07 Å². The molecule has 0 aliphatic heterocycles. The smallest absolute Gasteiger partial charge is 0.306 e. The van der Waals surface area contributed by atoms with E-state index in [2.05, 4.69) is 26.0 Å². The third-order valence-electron chi connectivity index (χ3n) is 4.54. The van der Waals surface area contributed by atoms with Crippen molar-refractivity contribution in [2.24, 2.45) is 17.8 Å². The van der Waals surface area contributed by atoms with Crippen LogP contribution in [-0.4, -0.2) is 11.1 Å². The number of hydrogen-bond donors (Lipinski definition) is 2. The van der Waals surface area contributed by atoms with Crippen molar-refractivity contribution in [3.8, 4) is 0 Å². The van der Waals surface area contributed by atoms with Gasteiger partial charge in [-0.15, -0.1) is 0 Å². The van der Waals surface area contributed by atoms with Gasteiger partial charge in [0.2, 0.25) is 0 Å². The van der Waals surface area contributed by atoms with Gasteiger partial charge in [-0.25, -0.2) is 0 Å². The van der Waals surface area contributed by atoms with Crippen molar-refractivity contribution in [3.05, 3.63) is 29.3 Å². The molecule has 3 atom stereocenters. The number of carboxylic acid groups (broad SMARTS) is 1. The summed E-state index contributed by atoms with van der Waals surface area (Å²) in [7, 11) is 0. The Balaban J connectivity index is 2.00. The maximum Gasteiger partial charge on any atom is 0.306 e. The molecule has 1 fully saturated rings. The van der Waals surface area contributed by atoms with Gasteiger partial charge in [-0.1, -0.05) is 13.0 Å². The SMILES string of the molecule is Cc1ccc(N)cc1CC(C)C1CCC(C(=O)O)C1. The van der Waals surface area contributed by atoms with Gasteiger partial charge in [-0.3, -0.25) is 4.79 Å². The van der Waals surface area contributed by atoms with E-state index in [-0.39, 0.29) is 5.92 Å². The molecule has 1 aliphatic rings. The molecule has 1 aromatic rings. The second kappa shape index (κ2) is 5.64. The first-order valence-corrected chi connectivity index (χ1v) is 7.05. The lowest BCUT2D eigenvalue weighted by Crippen LogP contribution is -2.15. The number of nitrogens with two attached hydrogens (primary N) is 1. The first-order chi connectivity index (χ1) is 8.97. The second-order valence-corrected chi connectivity index (χ2v) is 5.98. The maximum atomic E-state index is 11.0. The van der Waals surface area contributed by atoms with Gasteiger partial charge in [0.05, 0.1) is 5.92 Å². The first-order valence-electron chi connectivity index (χ1n) is 7.05. The number of carboxylic acids is 1. The van der Waals surface area contributed by atoms with Gasteiger partial charge in [-0.05, 0) is 67.7 Å². The number of hydrogen-bond acceptors (Lipinski definition) is 2. The minimum atomic E-state index is -0.630. The van der Waals surface area contributed by atoms with Crippen LogP contribution in [0.15, 0.2) is 18.2 Å². The van der Waals surface area contributed by atoms with E-state index in [1.54, 1.807) is 0 Å². The van der Waals surface area contributed by atoms with Crippen LogP contribution in [0.3, 0.4) is 0 Å². The normalized spacial score (nSPS) is 24.3. The van der Waals surface area contributed by atoms with Crippen LogP contribution < -0.4 is 5.73 Å². The minimum Gasteiger partial charge on any atom is -0.481 e. The monoisotopic (exact) mass is 261 g/mol. The van der Waals surface area contributed by atoms with E-state index in [4.69, 9.17) is 10.8 Å². The van der Waals surface area contributed by atoms with E-state index < -0.39 is 5.97 Å². The molecule has 0 spiro atoms. The summed E-state index contributed by atoms with van der Waals surface area (Å²) in [5, 5.41) is 9.07. The zero-order valence-corrected chi connectivity index (χ0v) is 11.7. The summed E-state index contributed by atoms with van der Waals surface area (Å²) in [5.74, 6) is 0.288. The number of anilines is 1. The first kappa shape index (κ1) is 13.9. The molecule has 0 bridgehead atoms. The maximum absolute atomic E-state index is 11.0. The van der Waals surface area contributed by atoms with Gasteiger partial charge in [0, 0.05) is 5.69 Å². The highest BCUT2D eigenvalue weighted by molar-refractivity contribution is 5.70. The molecule has 0 amide bonds. The van der Waals surface area contributed by atoms with Gasteiger partial charge >= 0.3 is 5.97 Å². The largest absolute Gasteiger partial charge is 0.481 e. The van der Waals surface area contributed by atoms with Crippen LogP contribution in [0.2, 0.25) is 0 Å². The van der Waals surface area contributed by atoms with E-state index in [9.17, 15) is 4.79 Å². The summed E-state index contributed by atoms with van der Waals surface area (Å²) in [4.78, 5) is 11.0. The van der Waals surface area contributed by atoms with Crippen molar-refractivity contribution in [2.45, 2.75) is 39.5 Å². The molecule has 1 saturated carbocycles. The topological polar surface area (TPSA) is 63.3 Å². The number of aliphatic carboxylic acids is 1. The fourth-order valence-electron chi connectivity index (χ4n) is 3.18. The molecule has 19 heavy (non-hydrogen) atoms. The van der Waals surface area contributed by atoms with Gasteiger partial charge in [0.15, 0.2) is 0 Å². The molecule has 0 aromatic heterocycles. The van der Waals surface area contributed by atoms with Gasteiger partial charge in [0.1, 0.15) is 0 Å². The predicted octanol–water partition coefficient (Wildman–Crippen LogP) is 3.26. The van der Waals surface area contributed by atoms with Crippen LogP contribution in [0, 0.1) is 24.7 Å². The summed E-state index contributed by atoms with van der Waals surface area (Å²) in [5.41, 5.74) is 9.22. The van der Waals surface area contributed by atoms with Crippen molar-refractivity contribution in [3.63, 3.8) is 0 Å². The molecule has 0 heterocycles. The highest BCUT2D eigenvalue weighted by Gasteiger charge is 2.32. The molecule has 3 nitrogen and oxygen atoms in total. The average Bonchev–Trinajstić information content (AvgIpc) is 2.83. The fraction of sp³-hybridized carbons (Fsp3) is 0.562. The molecule has 3 heteroatoms. The van der Waals surface area contributed by atoms with Gasteiger partial charge in [0.25, 0.3) is 0 Å². The van der Waals surface area contributed by atoms with Crippen molar-refractivity contribution in [1.82, 2.24) is 0 Å². The van der Waals surface area contributed by atoms with Crippen LogP contribution in [0.5, 0.6) is 0 Å². The van der Waals surface area contributed by atoms with Crippen LogP contribution in [-0.2, 0) is 11.2 Å². The second-order valence-electron chi connectivity index (χ2n) is 5.98. The van der Waals surface area contributed by atoms with Crippen molar-refractivity contribution < 1.29 is 9.90 Å². The third-order valence-corrected chi connectivity index (χ3v) is 4.54. The number of aryl methyl sites for hydroxylation is 1. The minimum absolute atomic E-state index is 0.130. The van der Waals surface area contributed by atoms with E-state index in [0.29, 0.717) is 11.8 Å². The Morgan fingerprint density at radius 1 is 1.47 bits per heavy atom. The van der Waals surface area contributed by atoms with Gasteiger partial charge < -0.3 is 10.8 Å². The summed E-state index contributed by atoms with van der Waals surface area (Å²) in [6.07, 6.45) is 3.70. The Labute approximate surface area is 114 Å². The Bertz CT molecular complexity index is 470. The standard InChI is InChI=1S/C16H23NO2/c1-10-3-6-15(17)9-14(10)7-11(2)12-4-5-13(8-12)16(18)19/h3,6,9,11-13H,4-5,7-8,17H2,1-2H3,(H,18,19). The highest BCUT2D eigenvalue weighted by atomic mass is 16.4. The zero-order chi connectivity index (χ0) is 14.0. The molecule has 104 valence electrons. The Hall–Kier alpha value is -1.51. The summed E-state index contributed by atoms with van der Waals surface area (Å²) >= 11 is 0. The van der Waals surface area contributed by atoms with Crippen LogP contribution in [0.4, 0.5) is 5.69 Å². The summed E-state index contributed by atoms with van der Waals surface area (Å²) < 4.78 is 0. The molecule has 1 aromatic carbocycles. The molecule has 3 unspecified atom stereocenters. The lowest BCUT2D eigenvalue weighted by Gasteiger charge is -2.20. The van der Waals surface area contributed by atoms with E-state index >= 15 is 0 Å². The van der Waals surface area contributed by atoms with E-state index in [0.717, 1.165) is 31.4 Å². The number of carbonyl (C=O) groups is 1. The molecule has 3 N–H and O–H groups in total. The molecule has 2 rings (SSSR count). The van der Waals surface area contributed by atoms with Gasteiger partial charge in [-0.2, -0.15) is 0 Å². The van der Waals surface area contributed by atoms with Crippen molar-refractivity contribution in [1.29, 1.82) is 0 Å². The third kappa shape index (κ3) is 3.28. The molecule has 0 radical (unpaired) electrons. The van der Waals surface area contributed by atoms with Crippen molar-refractivity contribution in [2.75, 3.05) is 5.73 Å². The average molecular weight is 261 g/mol. The highest BCUT2D eigenvalue weighted by Crippen LogP contribution is 2.37. The lowest BCUT2D eigenvalue weighted by molar-refractivity contribution is -0.141. The summed E-state index contributed by atoms with van der Waals surface area (Å²) in [6, 6.07) is 6.04. The number of benzene rings is 1. The molecular weight excluding hydrogens is 238 g/mol. The molecule has 1 aliphatic carbocycles. The van der Waals surface area contributed by atoms with Crippen LogP contribution in [0.25, 0.3) is 0 Å². The number of rotatable bonds is 4. The number of nitrogen functional groups attached to an aromatic ring is 1. The van der Waals surface area contributed by atoms with Crippen LogP contribution in [0.1, 0.15) is 37.3 Å². The van der Waals surface area contributed by atoms with Crippen LogP contribution >= 0.6 is 0 Å². The molecular formula is C16H23NO2. The Morgan fingerprint density at radius 2 is 2.21 bits per heavy atom. The zero-order valence-electron chi connectivity index (χ0n) is 11.7. The van der Waals surface area contributed by atoms with Crippen molar-refractivity contribution >= 4 is 11.7 Å².